The Morgan fingerprint density at radius 2 is 2.15 bits per heavy atom. The zero-order valence-corrected chi connectivity index (χ0v) is 11.0. The number of anilines is 1. The van der Waals surface area contributed by atoms with Crippen LogP contribution in [0.15, 0.2) is 23.6 Å². The number of phenolic OH excluding ortho intramolecular Hbond substituents is 1. The van der Waals surface area contributed by atoms with Crippen molar-refractivity contribution in [1.82, 2.24) is 4.98 Å². The maximum atomic E-state index is 11.9. The highest BCUT2D eigenvalue weighted by atomic mass is 32.1. The Morgan fingerprint density at radius 3 is 2.75 bits per heavy atom. The molecule has 0 aliphatic rings. The highest BCUT2D eigenvalue weighted by Gasteiger charge is 2.16. The second-order valence-electron chi connectivity index (χ2n) is 3.82. The highest BCUT2D eigenvalue weighted by Crippen LogP contribution is 2.22. The molecule has 0 aliphatic heterocycles. The molecule has 5 N–H and O–H groups in total. The molecular formula is C12H11N3O4S. The van der Waals surface area contributed by atoms with Crippen LogP contribution in [-0.4, -0.2) is 27.1 Å². The molecule has 0 bridgehead atoms. The predicted octanol–water partition coefficient (Wildman–Crippen LogP) is 1.26. The summed E-state index contributed by atoms with van der Waals surface area (Å²) in [7, 11) is 0. The summed E-state index contributed by atoms with van der Waals surface area (Å²) in [6.45, 7) is 0.234. The van der Waals surface area contributed by atoms with E-state index in [0.29, 0.717) is 5.01 Å². The quantitative estimate of drug-likeness (QED) is 0.629. The van der Waals surface area contributed by atoms with Gasteiger partial charge in [-0.1, -0.05) is 0 Å². The van der Waals surface area contributed by atoms with E-state index in [9.17, 15) is 14.7 Å². The minimum Gasteiger partial charge on any atom is -0.508 e. The van der Waals surface area contributed by atoms with Crippen molar-refractivity contribution in [2.75, 3.05) is 5.32 Å². The van der Waals surface area contributed by atoms with Gasteiger partial charge in [0, 0.05) is 11.9 Å². The number of aromatic nitrogens is 1. The molecule has 2 rings (SSSR count). The number of hydrogen-bond donors (Lipinski definition) is 4. The Morgan fingerprint density at radius 1 is 1.40 bits per heavy atom. The van der Waals surface area contributed by atoms with Gasteiger partial charge in [0.25, 0.3) is 5.91 Å². The van der Waals surface area contributed by atoms with Crippen LogP contribution in [0.2, 0.25) is 0 Å². The Labute approximate surface area is 117 Å². The molecule has 0 atom stereocenters. The molecule has 8 heteroatoms. The van der Waals surface area contributed by atoms with Crippen LogP contribution < -0.4 is 11.1 Å². The lowest BCUT2D eigenvalue weighted by molar-refractivity contribution is 0.0697. The molecule has 104 valence electrons. The second kappa shape index (κ2) is 5.68. The fraction of sp³-hybridized carbons (Fsp3) is 0.0833. The van der Waals surface area contributed by atoms with Gasteiger partial charge in [0.15, 0.2) is 0 Å². The molecular weight excluding hydrogens is 282 g/mol. The van der Waals surface area contributed by atoms with Gasteiger partial charge >= 0.3 is 5.97 Å². The van der Waals surface area contributed by atoms with Crippen molar-refractivity contribution in [3.63, 3.8) is 0 Å². The molecule has 20 heavy (non-hydrogen) atoms. The van der Waals surface area contributed by atoms with Gasteiger partial charge in [-0.2, -0.15) is 0 Å². The monoisotopic (exact) mass is 293 g/mol. The fourth-order valence-electron chi connectivity index (χ4n) is 1.51. The number of aromatic carboxylic acids is 1. The molecule has 1 aromatic heterocycles. The average Bonchev–Trinajstić information content (AvgIpc) is 2.89. The summed E-state index contributed by atoms with van der Waals surface area (Å²) in [5.74, 6) is -1.98. The van der Waals surface area contributed by atoms with Crippen LogP contribution in [-0.2, 0) is 6.54 Å². The van der Waals surface area contributed by atoms with Gasteiger partial charge in [-0.3, -0.25) is 4.79 Å². The van der Waals surface area contributed by atoms with E-state index < -0.39 is 11.9 Å². The van der Waals surface area contributed by atoms with Crippen molar-refractivity contribution in [3.05, 3.63) is 39.8 Å². The van der Waals surface area contributed by atoms with E-state index in [1.807, 2.05) is 0 Å². The summed E-state index contributed by atoms with van der Waals surface area (Å²) in [6, 6.07) is 3.66. The first kappa shape index (κ1) is 14.0. The van der Waals surface area contributed by atoms with Crippen LogP contribution in [0.4, 0.5) is 5.69 Å². The number of hydrogen-bond acceptors (Lipinski definition) is 6. The van der Waals surface area contributed by atoms with Crippen molar-refractivity contribution < 1.29 is 19.8 Å². The fourth-order valence-corrected chi connectivity index (χ4v) is 2.17. The van der Waals surface area contributed by atoms with E-state index in [1.165, 1.54) is 23.5 Å². The molecule has 0 spiro atoms. The van der Waals surface area contributed by atoms with Crippen molar-refractivity contribution in [1.29, 1.82) is 0 Å². The van der Waals surface area contributed by atoms with Crippen molar-refractivity contribution in [2.45, 2.75) is 6.54 Å². The van der Waals surface area contributed by atoms with E-state index >= 15 is 0 Å². The molecule has 0 unspecified atom stereocenters. The van der Waals surface area contributed by atoms with Gasteiger partial charge in [0.2, 0.25) is 0 Å². The largest absolute Gasteiger partial charge is 0.508 e. The number of amides is 1. The number of rotatable bonds is 4. The van der Waals surface area contributed by atoms with Gasteiger partial charge in [-0.25, -0.2) is 9.78 Å². The van der Waals surface area contributed by atoms with Crippen LogP contribution in [0, 0.1) is 0 Å². The predicted molar refractivity (Wildman–Crippen MR) is 73.0 cm³/mol. The van der Waals surface area contributed by atoms with Gasteiger partial charge in [-0.15, -0.1) is 11.3 Å². The lowest BCUT2D eigenvalue weighted by atomic mass is 10.1. The molecule has 7 nitrogen and oxygen atoms in total. The highest BCUT2D eigenvalue weighted by molar-refractivity contribution is 7.09. The van der Waals surface area contributed by atoms with Crippen molar-refractivity contribution >= 4 is 28.9 Å². The van der Waals surface area contributed by atoms with E-state index in [2.05, 4.69) is 10.3 Å². The molecule has 1 aromatic carbocycles. The zero-order valence-electron chi connectivity index (χ0n) is 10.2. The molecule has 0 saturated heterocycles. The number of nitrogens with two attached hydrogens (primary N) is 1. The van der Waals surface area contributed by atoms with E-state index in [0.717, 1.165) is 6.07 Å². The first-order valence-corrected chi connectivity index (χ1v) is 6.41. The zero-order chi connectivity index (χ0) is 14.7. The maximum Gasteiger partial charge on any atom is 0.337 e. The van der Waals surface area contributed by atoms with Crippen LogP contribution in [0.1, 0.15) is 25.9 Å². The van der Waals surface area contributed by atoms with Crippen LogP contribution in [0.25, 0.3) is 0 Å². The third kappa shape index (κ3) is 2.92. The number of carboxylic acids is 1. The summed E-state index contributed by atoms with van der Waals surface area (Å²) >= 11 is 1.25. The number of nitrogens with zero attached hydrogens (tertiary/aromatic N) is 1. The summed E-state index contributed by atoms with van der Waals surface area (Å²) < 4.78 is 0. The number of carbonyl (C=O) groups is 2. The molecule has 0 fully saturated rings. The molecule has 0 aliphatic carbocycles. The van der Waals surface area contributed by atoms with Crippen molar-refractivity contribution in [3.8, 4) is 5.75 Å². The number of aromatic hydroxyl groups is 1. The molecule has 0 saturated carbocycles. The number of carboxylic acid groups (broad SMARTS) is 1. The third-order valence-electron chi connectivity index (χ3n) is 2.44. The number of benzene rings is 1. The van der Waals surface area contributed by atoms with E-state index in [4.69, 9.17) is 10.8 Å². The lowest BCUT2D eigenvalue weighted by Crippen LogP contribution is -2.15. The Bertz CT molecular complexity index is 668. The summed E-state index contributed by atoms with van der Waals surface area (Å²) in [5.41, 5.74) is 5.46. The normalized spacial score (nSPS) is 10.2. The summed E-state index contributed by atoms with van der Waals surface area (Å²) in [6.07, 6.45) is 0. The Balaban J connectivity index is 2.25. The average molecular weight is 293 g/mol. The maximum absolute atomic E-state index is 11.9. The van der Waals surface area contributed by atoms with Gasteiger partial charge in [-0.05, 0) is 18.2 Å². The third-order valence-corrected chi connectivity index (χ3v) is 3.31. The van der Waals surface area contributed by atoms with Gasteiger partial charge < -0.3 is 21.3 Å². The molecule has 0 radical (unpaired) electrons. The minimum absolute atomic E-state index is 0.0857. The number of carbonyl (C=O) groups excluding carboxylic acids is 1. The first-order chi connectivity index (χ1) is 9.51. The molecule has 1 amide bonds. The van der Waals surface area contributed by atoms with Crippen LogP contribution in [0.5, 0.6) is 5.75 Å². The first-order valence-electron chi connectivity index (χ1n) is 5.53. The number of nitrogens with one attached hydrogen (secondary N) is 1. The summed E-state index contributed by atoms with van der Waals surface area (Å²) in [4.78, 5) is 27.0. The SMILES string of the molecule is NCc1nc(C(=O)Nc2ccc(O)cc2C(=O)O)cs1. The van der Waals surface area contributed by atoms with E-state index in [1.54, 1.807) is 5.38 Å². The smallest absolute Gasteiger partial charge is 0.337 e. The number of thiazole rings is 1. The van der Waals surface area contributed by atoms with Gasteiger partial charge in [0.1, 0.15) is 16.5 Å². The van der Waals surface area contributed by atoms with Crippen molar-refractivity contribution in [2.24, 2.45) is 5.73 Å². The van der Waals surface area contributed by atoms with Crippen LogP contribution in [0.3, 0.4) is 0 Å². The minimum atomic E-state index is -1.25. The van der Waals surface area contributed by atoms with Crippen LogP contribution >= 0.6 is 11.3 Å². The molecule has 1 heterocycles. The Kier molecular flexibility index (Phi) is 3.97. The lowest BCUT2D eigenvalue weighted by Gasteiger charge is -2.07. The number of phenols is 1. The Hall–Kier alpha value is -2.45. The van der Waals surface area contributed by atoms with E-state index in [-0.39, 0.29) is 29.2 Å². The van der Waals surface area contributed by atoms with Gasteiger partial charge in [0.05, 0.1) is 11.3 Å². The standard InChI is InChI=1S/C12H11N3O4S/c13-4-10-14-9(5-20-10)11(17)15-8-2-1-6(16)3-7(8)12(18)19/h1-3,5,16H,4,13H2,(H,15,17)(H,18,19). The second-order valence-corrected chi connectivity index (χ2v) is 4.76. The topological polar surface area (TPSA) is 126 Å². The summed E-state index contributed by atoms with van der Waals surface area (Å²) in [5, 5.41) is 22.9. The molecule has 2 aromatic rings.